The van der Waals surface area contributed by atoms with Gasteiger partial charge in [-0.2, -0.15) is 0 Å². The summed E-state index contributed by atoms with van der Waals surface area (Å²) in [5, 5.41) is 20.4. The maximum atomic E-state index is 14.5. The fourth-order valence-electron chi connectivity index (χ4n) is 17.6. The van der Waals surface area contributed by atoms with Gasteiger partial charge in [-0.1, -0.05) is 40.9 Å². The number of ketones is 1. The first kappa shape index (κ1) is 55.8. The number of hydrogen-bond acceptors (Lipinski definition) is 19. The van der Waals surface area contributed by atoms with E-state index in [9.17, 15) is 19.8 Å². The second-order valence-electron chi connectivity index (χ2n) is 27.1. The van der Waals surface area contributed by atoms with Crippen molar-refractivity contribution in [1.82, 2.24) is 0 Å². The number of aliphatic hydroxyl groups is 2. The molecule has 0 aromatic rings. The zero-order valence-corrected chi connectivity index (χ0v) is 47.3. The fourth-order valence-corrected chi connectivity index (χ4v) is 17.6. The van der Waals surface area contributed by atoms with Gasteiger partial charge in [-0.15, -0.1) is 0 Å². The van der Waals surface area contributed by atoms with Crippen molar-refractivity contribution in [1.29, 1.82) is 0 Å². The molecule has 11 bridgehead atoms. The molecule has 16 aliphatic heterocycles. The lowest BCUT2D eigenvalue weighted by atomic mass is 9.78. The van der Waals surface area contributed by atoms with Crippen LogP contribution in [0.4, 0.5) is 0 Å². The van der Waals surface area contributed by atoms with E-state index in [0.29, 0.717) is 77.4 Å². The molecule has 16 heterocycles. The summed E-state index contributed by atoms with van der Waals surface area (Å²) in [4.78, 5) is 27.0. The van der Waals surface area contributed by atoms with Gasteiger partial charge in [0.25, 0.3) is 0 Å². The second kappa shape index (κ2) is 22.0. The maximum absolute atomic E-state index is 14.5. The van der Waals surface area contributed by atoms with Crippen LogP contribution in [0.15, 0.2) is 24.3 Å². The number of carbonyl (C=O) groups excluding carboxylic acids is 2. The van der Waals surface area contributed by atoms with Crippen LogP contribution < -0.4 is 0 Å². The molecule has 2 N–H and O–H groups in total. The molecule has 2 spiro atoms. The predicted octanol–water partition coefficient (Wildman–Crippen LogP) is 5.42. The Bertz CT molecular complexity index is 2320. The van der Waals surface area contributed by atoms with Crippen molar-refractivity contribution in [3.05, 3.63) is 24.3 Å². The third-order valence-corrected chi connectivity index (χ3v) is 21.4. The van der Waals surface area contributed by atoms with Crippen molar-refractivity contribution < 1.29 is 90.9 Å². The SMILES string of the molecule is C=C1C[C@@H]2CCO[C@H]3[C@@H]4O[C@H]5CC[C@H](CC(=O)O[C@@H]6[C@@H](C)[C@@H]7O[C@@H]8C[C@]9(C[C@@H]%10O[C@]%11(C[C@H](C)[C@@H]%12O[C@H](CC(=O)CCO)[C@H](O)C[C@@H]%12O%11)C[C@H](C)[C@@H]%10O9)O[C@@H]8C[C@@H]7O[C@H]6C[C@H]6O[C@@H](CC[C@@H]1O2)C[C@@H](C)C6=C)O[C@@H]5[C@@H]1OCC[C@H]3O[C@@H]14. The van der Waals surface area contributed by atoms with Crippen molar-refractivity contribution in [2.24, 2.45) is 23.7 Å². The Morgan fingerprint density at radius 3 is 2.05 bits per heavy atom. The van der Waals surface area contributed by atoms with E-state index in [0.717, 1.165) is 43.3 Å². The summed E-state index contributed by atoms with van der Waals surface area (Å²) in [6.07, 6.45) is 2.02. The molecule has 0 aromatic carbocycles. The molecule has 0 aliphatic carbocycles. The highest BCUT2D eigenvalue weighted by Crippen LogP contribution is 2.56. The minimum Gasteiger partial charge on any atom is -0.459 e. The summed E-state index contributed by atoms with van der Waals surface area (Å²) in [5.74, 6) is -2.22. The minimum atomic E-state index is -0.939. The van der Waals surface area contributed by atoms with Gasteiger partial charge >= 0.3 is 5.97 Å². The summed E-state index contributed by atoms with van der Waals surface area (Å²) < 4.78 is 103. The number of esters is 1. The lowest BCUT2D eigenvalue weighted by molar-refractivity contribution is -0.371. The van der Waals surface area contributed by atoms with Crippen LogP contribution in [0.5, 0.6) is 0 Å². The molecule has 19 nitrogen and oxygen atoms in total. The van der Waals surface area contributed by atoms with Crippen LogP contribution in [0, 0.1) is 23.7 Å². The number of Topliss-reactive ketones (excluding diaryl/α,β-unsaturated/α-hetero) is 1. The fraction of sp³-hybridized carbons (Fsp3) is 0.902. The van der Waals surface area contributed by atoms with E-state index in [1.807, 2.05) is 0 Å². The van der Waals surface area contributed by atoms with Crippen LogP contribution >= 0.6 is 0 Å². The average molecular weight is 1130 g/mol. The Hall–Kier alpha value is -2.02. The molecule has 16 aliphatic rings. The highest BCUT2D eigenvalue weighted by atomic mass is 16.8. The van der Waals surface area contributed by atoms with Gasteiger partial charge in [0.05, 0.1) is 116 Å². The topological polar surface area (TPSA) is 213 Å². The molecule has 0 aromatic heterocycles. The third-order valence-electron chi connectivity index (χ3n) is 21.4. The molecule has 30 atom stereocenters. The summed E-state index contributed by atoms with van der Waals surface area (Å²) in [6, 6.07) is 0. The molecule has 16 fully saturated rings. The zero-order chi connectivity index (χ0) is 54.9. The smallest absolute Gasteiger partial charge is 0.308 e. The molecule has 16 rings (SSSR count). The minimum absolute atomic E-state index is 0.0207. The van der Waals surface area contributed by atoms with Gasteiger partial charge in [0.2, 0.25) is 0 Å². The number of rotatable bonds is 4. The van der Waals surface area contributed by atoms with E-state index in [2.05, 4.69) is 40.9 Å². The summed E-state index contributed by atoms with van der Waals surface area (Å²) in [5.41, 5.74) is 2.14. The monoisotopic (exact) mass is 1120 g/mol. The Labute approximate surface area is 470 Å². The van der Waals surface area contributed by atoms with Crippen molar-refractivity contribution >= 4 is 11.8 Å². The predicted molar refractivity (Wildman–Crippen MR) is 280 cm³/mol. The van der Waals surface area contributed by atoms with Gasteiger partial charge < -0.3 is 81.3 Å². The average Bonchev–Trinajstić information content (AvgIpc) is 4.16. The van der Waals surface area contributed by atoms with Crippen LogP contribution in [-0.2, 0) is 80.6 Å². The highest BCUT2D eigenvalue weighted by molar-refractivity contribution is 5.79. The van der Waals surface area contributed by atoms with Gasteiger partial charge in [-0.3, -0.25) is 9.59 Å². The van der Waals surface area contributed by atoms with Crippen LogP contribution in [0.3, 0.4) is 0 Å². The van der Waals surface area contributed by atoms with Crippen LogP contribution in [0.1, 0.15) is 143 Å². The van der Waals surface area contributed by atoms with Gasteiger partial charge in [-0.25, -0.2) is 0 Å². The van der Waals surface area contributed by atoms with E-state index < -0.39 is 54.3 Å². The van der Waals surface area contributed by atoms with Crippen molar-refractivity contribution in [3.63, 3.8) is 0 Å². The largest absolute Gasteiger partial charge is 0.459 e. The Kier molecular flexibility index (Phi) is 15.4. The lowest BCUT2D eigenvalue weighted by Gasteiger charge is -2.54. The van der Waals surface area contributed by atoms with Crippen molar-refractivity contribution in [3.8, 4) is 0 Å². The maximum Gasteiger partial charge on any atom is 0.308 e. The second-order valence-corrected chi connectivity index (χ2v) is 27.1. The number of aliphatic hydroxyl groups excluding tert-OH is 2. The molecule has 19 heteroatoms. The Morgan fingerprint density at radius 2 is 1.21 bits per heavy atom. The first-order valence-electron chi connectivity index (χ1n) is 31.1. The molecular weight excluding hydrogens is 1040 g/mol. The van der Waals surface area contributed by atoms with Crippen LogP contribution in [-0.4, -0.2) is 200 Å². The number of ether oxygens (including phenoxy) is 15. The molecule has 16 saturated heterocycles. The van der Waals surface area contributed by atoms with E-state index in [1.165, 1.54) is 0 Å². The molecule has 0 radical (unpaired) electrons. The number of carbonyl (C=O) groups is 2. The first-order chi connectivity index (χ1) is 38.6. The first-order valence-corrected chi connectivity index (χ1v) is 31.1. The molecular formula is C61H88O19. The van der Waals surface area contributed by atoms with Gasteiger partial charge in [0, 0.05) is 83.5 Å². The van der Waals surface area contributed by atoms with Crippen LogP contribution in [0.25, 0.3) is 0 Å². The molecule has 0 unspecified atom stereocenters. The molecule has 0 saturated carbocycles. The number of fused-ring (bicyclic) bond motifs is 6. The van der Waals surface area contributed by atoms with Gasteiger partial charge in [-0.05, 0) is 80.3 Å². The standard InChI is InChI=1S/C61H88O19/c1-28-17-35-7-9-39-29(2)18-37(68-39)12-15-66-55-41-13-16-67-57-56-40(72-58(55)59(57)73-41)10-8-36(70-56)20-50(65)76-54-33(6)53-46(71-45(54)22-42(69-35)32(28)5)23-44-48(75-53)26-61(77-44)27-49-52(80-61)31(4)25-60(79-49)24-30(3)51-47(78-60)21-38(64)43(74-51)19-34(63)11-14-62/h28,30-31,33,35-49,51-59,62,64H,2,5,7-27H2,1,3-4,6H3/t28-,30+,31+,33+,35+,36-,37+,38-,39+,40+,41-,42-,43-,44-,45+,46+,47+,48-,49+,51+,52+,53+,54-,55-,56+,57+,58+,59+,60-,61+/m1/s1. The summed E-state index contributed by atoms with van der Waals surface area (Å²) >= 11 is 0. The van der Waals surface area contributed by atoms with Crippen molar-refractivity contribution in [2.75, 3.05) is 19.8 Å². The van der Waals surface area contributed by atoms with Gasteiger partial charge in [0.1, 0.15) is 42.4 Å². The van der Waals surface area contributed by atoms with E-state index in [4.69, 9.17) is 71.1 Å². The number of hydrogen-bond donors (Lipinski definition) is 2. The Morgan fingerprint density at radius 1 is 0.537 bits per heavy atom. The third kappa shape index (κ3) is 10.4. The van der Waals surface area contributed by atoms with Gasteiger partial charge in [0.15, 0.2) is 11.6 Å². The van der Waals surface area contributed by atoms with E-state index >= 15 is 0 Å². The molecule has 0 amide bonds. The van der Waals surface area contributed by atoms with E-state index in [1.54, 1.807) is 0 Å². The highest BCUT2D eigenvalue weighted by Gasteiger charge is 2.66. The lowest BCUT2D eigenvalue weighted by Crippen LogP contribution is -2.62. The van der Waals surface area contributed by atoms with Crippen LogP contribution in [0.2, 0.25) is 0 Å². The zero-order valence-electron chi connectivity index (χ0n) is 47.3. The van der Waals surface area contributed by atoms with Crippen molar-refractivity contribution in [2.45, 2.75) is 301 Å². The molecule has 80 heavy (non-hydrogen) atoms. The van der Waals surface area contributed by atoms with E-state index in [-0.39, 0.29) is 165 Å². The normalized spacial score (nSPS) is 54.8. The Balaban J connectivity index is 0.676. The quantitative estimate of drug-likeness (QED) is 0.266. The molecule has 446 valence electrons. The summed E-state index contributed by atoms with van der Waals surface area (Å²) in [6.45, 7) is 18.6. The summed E-state index contributed by atoms with van der Waals surface area (Å²) in [7, 11) is 0.